The third-order valence-electron chi connectivity index (χ3n) is 6.93. The highest BCUT2D eigenvalue weighted by atomic mass is 16.5. The van der Waals surface area contributed by atoms with E-state index in [4.69, 9.17) is 4.74 Å². The van der Waals surface area contributed by atoms with Crippen LogP contribution in [-0.2, 0) is 20.9 Å². The number of fused-ring (bicyclic) bond motifs is 2. The summed E-state index contributed by atoms with van der Waals surface area (Å²) < 4.78 is 6.36. The number of carbonyl (C=O) groups excluding carboxylic acids is 2. The highest BCUT2D eigenvalue weighted by molar-refractivity contribution is 6.10. The second kappa shape index (κ2) is 7.42. The van der Waals surface area contributed by atoms with E-state index < -0.39 is 11.6 Å². The zero-order valence-electron chi connectivity index (χ0n) is 18.3. The van der Waals surface area contributed by atoms with E-state index >= 15 is 0 Å². The molecule has 3 aromatic carbocycles. The summed E-state index contributed by atoms with van der Waals surface area (Å²) in [5, 5.41) is 5.22. The number of ether oxygens (including phenoxy) is 1. The van der Waals surface area contributed by atoms with Crippen LogP contribution in [0.4, 0.5) is 5.69 Å². The van der Waals surface area contributed by atoms with Crippen molar-refractivity contribution in [2.24, 2.45) is 0 Å². The third-order valence-corrected chi connectivity index (χ3v) is 6.93. The molecule has 164 valence electrons. The standard InChI is InChI=1S/C28H24N2O3/c1-2-22-23-14-15-28(33-23)24(22)27(32)30(17-18-8-4-3-5-9-18)25(28)26(31)29-21-13-12-19-10-6-7-11-20(19)16-21/h3-16,23,25H,2,17H2,1H3,(H,29,31)/t23-,25+,28+/m1/s1. The second-order valence-corrected chi connectivity index (χ2v) is 8.82. The van der Waals surface area contributed by atoms with Crippen molar-refractivity contribution in [1.29, 1.82) is 0 Å². The lowest BCUT2D eigenvalue weighted by molar-refractivity contribution is -0.135. The Labute approximate surface area is 192 Å². The predicted octanol–water partition coefficient (Wildman–Crippen LogP) is 4.60. The molecule has 0 aromatic heterocycles. The number of hydrogen-bond donors (Lipinski definition) is 1. The smallest absolute Gasteiger partial charge is 0.254 e. The van der Waals surface area contributed by atoms with E-state index in [1.165, 1.54) is 0 Å². The molecule has 3 aliphatic rings. The number of amides is 2. The van der Waals surface area contributed by atoms with Gasteiger partial charge in [0, 0.05) is 12.2 Å². The largest absolute Gasteiger partial charge is 0.351 e. The second-order valence-electron chi connectivity index (χ2n) is 8.82. The number of carbonyl (C=O) groups is 2. The summed E-state index contributed by atoms with van der Waals surface area (Å²) in [4.78, 5) is 29.1. The van der Waals surface area contributed by atoms with Crippen molar-refractivity contribution in [2.75, 3.05) is 5.32 Å². The van der Waals surface area contributed by atoms with Gasteiger partial charge in [-0.15, -0.1) is 0 Å². The van der Waals surface area contributed by atoms with E-state index in [0.717, 1.165) is 28.3 Å². The molecule has 5 nitrogen and oxygen atoms in total. The Morgan fingerprint density at radius 1 is 1.03 bits per heavy atom. The fourth-order valence-electron chi connectivity index (χ4n) is 5.47. The number of anilines is 1. The van der Waals surface area contributed by atoms with Gasteiger partial charge in [0.2, 0.25) is 0 Å². The Kier molecular flexibility index (Phi) is 4.49. The van der Waals surface area contributed by atoms with Gasteiger partial charge < -0.3 is 15.0 Å². The van der Waals surface area contributed by atoms with Gasteiger partial charge >= 0.3 is 0 Å². The molecule has 2 bridgehead atoms. The summed E-state index contributed by atoms with van der Waals surface area (Å²) >= 11 is 0. The average molecular weight is 437 g/mol. The Bertz CT molecular complexity index is 1340. The molecule has 3 heterocycles. The van der Waals surface area contributed by atoms with Crippen LogP contribution in [0.25, 0.3) is 10.8 Å². The van der Waals surface area contributed by atoms with Gasteiger partial charge in [-0.25, -0.2) is 0 Å². The van der Waals surface area contributed by atoms with Crippen LogP contribution in [0.2, 0.25) is 0 Å². The van der Waals surface area contributed by atoms with Gasteiger partial charge in [-0.05, 0) is 46.5 Å². The zero-order chi connectivity index (χ0) is 22.6. The first-order chi connectivity index (χ1) is 16.1. The first-order valence-electron chi connectivity index (χ1n) is 11.4. The molecule has 0 unspecified atom stereocenters. The van der Waals surface area contributed by atoms with Crippen molar-refractivity contribution in [3.8, 4) is 0 Å². The lowest BCUT2D eigenvalue weighted by Gasteiger charge is -2.31. The average Bonchev–Trinajstić information content (AvgIpc) is 3.47. The zero-order valence-corrected chi connectivity index (χ0v) is 18.3. The number of likely N-dealkylation sites (tertiary alicyclic amines) is 1. The van der Waals surface area contributed by atoms with Crippen molar-refractivity contribution in [2.45, 2.75) is 37.6 Å². The van der Waals surface area contributed by atoms with Crippen molar-refractivity contribution < 1.29 is 14.3 Å². The van der Waals surface area contributed by atoms with Crippen LogP contribution in [0.5, 0.6) is 0 Å². The maximum absolute atomic E-state index is 13.8. The van der Waals surface area contributed by atoms with E-state index in [1.807, 2.05) is 91.9 Å². The minimum Gasteiger partial charge on any atom is -0.351 e. The van der Waals surface area contributed by atoms with Crippen LogP contribution in [0.3, 0.4) is 0 Å². The molecule has 0 aliphatic carbocycles. The molecule has 0 radical (unpaired) electrons. The Morgan fingerprint density at radius 3 is 2.58 bits per heavy atom. The van der Waals surface area contributed by atoms with Crippen LogP contribution >= 0.6 is 0 Å². The van der Waals surface area contributed by atoms with E-state index in [2.05, 4.69) is 5.32 Å². The SMILES string of the molecule is CCC1=C2C(=O)N(Cc3ccccc3)[C@@H](C(=O)Nc3ccc4ccccc4c3)[C@]23C=C[C@H]1O3. The number of rotatable bonds is 5. The highest BCUT2D eigenvalue weighted by Gasteiger charge is 2.65. The van der Waals surface area contributed by atoms with Crippen molar-refractivity contribution in [3.05, 3.63) is 102 Å². The fourth-order valence-corrected chi connectivity index (χ4v) is 5.47. The highest BCUT2D eigenvalue weighted by Crippen LogP contribution is 2.52. The van der Waals surface area contributed by atoms with Gasteiger partial charge in [-0.1, -0.05) is 73.7 Å². The van der Waals surface area contributed by atoms with E-state index in [-0.39, 0.29) is 17.9 Å². The molecule has 5 heteroatoms. The molecular formula is C28H24N2O3. The molecular weight excluding hydrogens is 412 g/mol. The van der Waals surface area contributed by atoms with Crippen molar-refractivity contribution >= 4 is 28.3 Å². The number of hydrogen-bond acceptors (Lipinski definition) is 3. The minimum absolute atomic E-state index is 0.110. The summed E-state index contributed by atoms with van der Waals surface area (Å²) in [6.45, 7) is 2.38. The van der Waals surface area contributed by atoms with Crippen LogP contribution in [0.1, 0.15) is 18.9 Å². The summed E-state index contributed by atoms with van der Waals surface area (Å²) in [6.07, 6.45) is 4.40. The van der Waals surface area contributed by atoms with Gasteiger partial charge in [0.05, 0.1) is 11.7 Å². The van der Waals surface area contributed by atoms with Gasteiger partial charge in [-0.2, -0.15) is 0 Å². The molecule has 1 saturated heterocycles. The predicted molar refractivity (Wildman–Crippen MR) is 127 cm³/mol. The van der Waals surface area contributed by atoms with Crippen molar-refractivity contribution in [1.82, 2.24) is 4.90 Å². The summed E-state index contributed by atoms with van der Waals surface area (Å²) in [7, 11) is 0. The first-order valence-corrected chi connectivity index (χ1v) is 11.4. The van der Waals surface area contributed by atoms with Crippen LogP contribution in [-0.4, -0.2) is 34.5 Å². The van der Waals surface area contributed by atoms with E-state index in [9.17, 15) is 9.59 Å². The number of benzene rings is 3. The minimum atomic E-state index is -1.02. The lowest BCUT2D eigenvalue weighted by atomic mass is 9.84. The number of nitrogens with zero attached hydrogens (tertiary/aromatic N) is 1. The van der Waals surface area contributed by atoms with Gasteiger partial charge in [0.15, 0.2) is 0 Å². The monoisotopic (exact) mass is 436 g/mol. The Morgan fingerprint density at radius 2 is 1.79 bits per heavy atom. The van der Waals surface area contributed by atoms with Crippen molar-refractivity contribution in [3.63, 3.8) is 0 Å². The van der Waals surface area contributed by atoms with Crippen LogP contribution in [0, 0.1) is 0 Å². The molecule has 33 heavy (non-hydrogen) atoms. The fraction of sp³-hybridized carbons (Fsp3) is 0.214. The van der Waals surface area contributed by atoms with Gasteiger partial charge in [0.1, 0.15) is 11.6 Å². The molecule has 3 aromatic rings. The van der Waals surface area contributed by atoms with Gasteiger partial charge in [0.25, 0.3) is 11.8 Å². The maximum Gasteiger partial charge on any atom is 0.254 e. The molecule has 6 rings (SSSR count). The van der Waals surface area contributed by atoms with Crippen LogP contribution < -0.4 is 5.32 Å². The van der Waals surface area contributed by atoms with E-state index in [0.29, 0.717) is 17.8 Å². The maximum atomic E-state index is 13.8. The van der Waals surface area contributed by atoms with E-state index in [1.54, 1.807) is 4.90 Å². The molecule has 3 aliphatic heterocycles. The Hall–Kier alpha value is -3.70. The molecule has 2 amide bonds. The summed E-state index contributed by atoms with van der Waals surface area (Å²) in [5.41, 5.74) is 2.28. The number of nitrogens with one attached hydrogen (secondary N) is 1. The molecule has 1 N–H and O–H groups in total. The normalized spacial score (nSPS) is 25.2. The topological polar surface area (TPSA) is 58.6 Å². The summed E-state index contributed by atoms with van der Waals surface area (Å²) in [5.74, 6) is -0.353. The molecule has 3 atom stereocenters. The Balaban J connectivity index is 1.39. The first kappa shape index (κ1) is 19.9. The summed E-state index contributed by atoms with van der Waals surface area (Å²) in [6, 6.07) is 22.9. The lowest BCUT2D eigenvalue weighted by Crippen LogP contribution is -2.51. The van der Waals surface area contributed by atoms with Crippen LogP contribution in [0.15, 0.2) is 96.1 Å². The quantitative estimate of drug-likeness (QED) is 0.595. The molecule has 1 fully saturated rings. The molecule has 1 spiro atoms. The van der Waals surface area contributed by atoms with Gasteiger partial charge in [-0.3, -0.25) is 9.59 Å². The molecule has 0 saturated carbocycles. The third kappa shape index (κ3) is 2.96.